The van der Waals surface area contributed by atoms with Gasteiger partial charge in [-0.25, -0.2) is 4.98 Å². The van der Waals surface area contributed by atoms with Gasteiger partial charge in [0.15, 0.2) is 0 Å². The SMILES string of the molecule is CC(=O)Nc1ccc(-c2nc3c(oc4ccc(C)cc43)c(=O)[nH]2)c(Cl)c1. The van der Waals surface area contributed by atoms with Gasteiger partial charge in [0.05, 0.1) is 5.02 Å². The predicted molar refractivity (Wildman–Crippen MR) is 102 cm³/mol. The number of hydrogen-bond donors (Lipinski definition) is 2. The van der Waals surface area contributed by atoms with Crippen LogP contribution in [0, 0.1) is 6.92 Å². The van der Waals surface area contributed by atoms with Crippen LogP contribution in [0.4, 0.5) is 5.69 Å². The lowest BCUT2D eigenvalue weighted by Crippen LogP contribution is -2.09. The maximum atomic E-state index is 12.5. The number of furan rings is 1. The van der Waals surface area contributed by atoms with E-state index in [1.807, 2.05) is 25.1 Å². The number of fused-ring (bicyclic) bond motifs is 3. The van der Waals surface area contributed by atoms with Crippen molar-refractivity contribution in [2.45, 2.75) is 13.8 Å². The number of carbonyl (C=O) groups is 1. The normalized spacial score (nSPS) is 11.2. The summed E-state index contributed by atoms with van der Waals surface area (Å²) in [5.41, 5.74) is 3.07. The Morgan fingerprint density at radius 3 is 2.77 bits per heavy atom. The zero-order valence-electron chi connectivity index (χ0n) is 14.0. The third-order valence-electron chi connectivity index (χ3n) is 4.02. The highest BCUT2D eigenvalue weighted by Gasteiger charge is 2.16. The van der Waals surface area contributed by atoms with Gasteiger partial charge >= 0.3 is 0 Å². The second kappa shape index (κ2) is 6.00. The fraction of sp³-hybridized carbons (Fsp3) is 0.105. The summed E-state index contributed by atoms with van der Waals surface area (Å²) in [6.07, 6.45) is 0. The predicted octanol–water partition coefficient (Wildman–Crippen LogP) is 4.26. The maximum Gasteiger partial charge on any atom is 0.294 e. The molecule has 0 fully saturated rings. The van der Waals surface area contributed by atoms with Crippen LogP contribution < -0.4 is 10.9 Å². The minimum Gasteiger partial charge on any atom is -0.449 e. The summed E-state index contributed by atoms with van der Waals surface area (Å²) in [5, 5.41) is 3.80. The topological polar surface area (TPSA) is 88.0 Å². The first-order chi connectivity index (χ1) is 12.4. The van der Waals surface area contributed by atoms with Gasteiger partial charge in [0.1, 0.15) is 16.9 Å². The molecule has 2 aromatic carbocycles. The number of benzene rings is 2. The molecule has 6 nitrogen and oxygen atoms in total. The molecule has 1 amide bonds. The van der Waals surface area contributed by atoms with E-state index in [2.05, 4.69) is 15.3 Å². The molecular formula is C19H14ClN3O3. The Morgan fingerprint density at radius 2 is 2.04 bits per heavy atom. The number of hydrogen-bond acceptors (Lipinski definition) is 4. The molecule has 2 N–H and O–H groups in total. The van der Waals surface area contributed by atoms with Gasteiger partial charge in [0.2, 0.25) is 11.5 Å². The molecule has 4 rings (SSSR count). The van der Waals surface area contributed by atoms with Gasteiger partial charge in [-0.05, 0) is 37.3 Å². The molecule has 2 heterocycles. The first-order valence-corrected chi connectivity index (χ1v) is 8.31. The first-order valence-electron chi connectivity index (χ1n) is 7.93. The molecule has 0 aliphatic carbocycles. The molecule has 0 aliphatic rings. The molecule has 0 saturated heterocycles. The Bertz CT molecular complexity index is 1240. The van der Waals surface area contributed by atoms with Crippen LogP contribution in [0.25, 0.3) is 33.5 Å². The summed E-state index contributed by atoms with van der Waals surface area (Å²) in [5.74, 6) is 0.146. The first kappa shape index (κ1) is 16.4. The fourth-order valence-corrected chi connectivity index (χ4v) is 3.15. The van der Waals surface area contributed by atoms with Gasteiger partial charge in [-0.2, -0.15) is 0 Å². The molecule has 0 atom stereocenters. The molecule has 4 aromatic rings. The number of nitrogens with zero attached hydrogens (tertiary/aromatic N) is 1. The maximum absolute atomic E-state index is 12.5. The van der Waals surface area contributed by atoms with E-state index in [0.29, 0.717) is 33.2 Å². The zero-order chi connectivity index (χ0) is 18.4. The van der Waals surface area contributed by atoms with Crippen molar-refractivity contribution < 1.29 is 9.21 Å². The van der Waals surface area contributed by atoms with E-state index < -0.39 is 0 Å². The number of aromatic amines is 1. The van der Waals surface area contributed by atoms with Crippen molar-refractivity contribution in [2.24, 2.45) is 0 Å². The average Bonchev–Trinajstić information content (AvgIpc) is 2.93. The Labute approximate surface area is 152 Å². The highest BCUT2D eigenvalue weighted by Crippen LogP contribution is 2.31. The van der Waals surface area contributed by atoms with Crippen LogP contribution >= 0.6 is 11.6 Å². The zero-order valence-corrected chi connectivity index (χ0v) is 14.8. The molecule has 0 spiro atoms. The summed E-state index contributed by atoms with van der Waals surface area (Å²) in [6, 6.07) is 10.7. The Hall–Kier alpha value is -3.12. The molecule has 7 heteroatoms. The van der Waals surface area contributed by atoms with Crippen LogP contribution in [0.2, 0.25) is 5.02 Å². The molecule has 0 aliphatic heterocycles. The van der Waals surface area contributed by atoms with Crippen LogP contribution in [0.5, 0.6) is 0 Å². The molecular weight excluding hydrogens is 354 g/mol. The largest absolute Gasteiger partial charge is 0.449 e. The fourth-order valence-electron chi connectivity index (χ4n) is 2.88. The molecule has 0 bridgehead atoms. The van der Waals surface area contributed by atoms with Crippen LogP contribution in [0.1, 0.15) is 12.5 Å². The third kappa shape index (κ3) is 2.74. The Morgan fingerprint density at radius 1 is 1.23 bits per heavy atom. The number of anilines is 1. The smallest absolute Gasteiger partial charge is 0.294 e. The lowest BCUT2D eigenvalue weighted by atomic mass is 10.1. The van der Waals surface area contributed by atoms with Crippen molar-refractivity contribution in [2.75, 3.05) is 5.32 Å². The highest BCUT2D eigenvalue weighted by atomic mass is 35.5. The molecule has 2 aromatic heterocycles. The third-order valence-corrected chi connectivity index (χ3v) is 4.34. The monoisotopic (exact) mass is 367 g/mol. The quantitative estimate of drug-likeness (QED) is 0.554. The standard InChI is InChI=1S/C19H14ClN3O3/c1-9-3-6-15-13(7-9)16-17(26-15)19(25)23-18(22-16)12-5-4-11(8-14(12)20)21-10(2)24/h3-8H,1-2H3,(H,21,24)(H,22,23,25). The summed E-state index contributed by atoms with van der Waals surface area (Å²) < 4.78 is 5.64. The van der Waals surface area contributed by atoms with Crippen molar-refractivity contribution in [1.82, 2.24) is 9.97 Å². The summed E-state index contributed by atoms with van der Waals surface area (Å²) in [6.45, 7) is 3.38. The van der Waals surface area contributed by atoms with Crippen LogP contribution in [-0.2, 0) is 4.79 Å². The van der Waals surface area contributed by atoms with Gasteiger partial charge in [0.25, 0.3) is 5.56 Å². The van der Waals surface area contributed by atoms with Gasteiger partial charge < -0.3 is 14.7 Å². The minimum atomic E-state index is -0.374. The van der Waals surface area contributed by atoms with Gasteiger partial charge in [-0.3, -0.25) is 9.59 Å². The summed E-state index contributed by atoms with van der Waals surface area (Å²) in [4.78, 5) is 30.9. The number of H-pyrrole nitrogens is 1. The molecule has 26 heavy (non-hydrogen) atoms. The van der Waals surface area contributed by atoms with Gasteiger partial charge in [0, 0.05) is 23.6 Å². The van der Waals surface area contributed by atoms with Crippen molar-refractivity contribution in [3.8, 4) is 11.4 Å². The number of carbonyl (C=O) groups excluding carboxylic acids is 1. The highest BCUT2D eigenvalue weighted by molar-refractivity contribution is 6.33. The molecule has 130 valence electrons. The van der Waals surface area contributed by atoms with E-state index in [-0.39, 0.29) is 17.0 Å². The Kier molecular flexibility index (Phi) is 3.77. The van der Waals surface area contributed by atoms with Crippen LogP contribution in [0.15, 0.2) is 45.6 Å². The second-order valence-corrected chi connectivity index (χ2v) is 6.48. The Balaban J connectivity index is 1.92. The van der Waals surface area contributed by atoms with Crippen LogP contribution in [0.3, 0.4) is 0 Å². The average molecular weight is 368 g/mol. The lowest BCUT2D eigenvalue weighted by molar-refractivity contribution is -0.114. The number of aromatic nitrogens is 2. The number of halogens is 1. The van der Waals surface area contributed by atoms with Gasteiger partial charge in [-0.1, -0.05) is 23.2 Å². The minimum absolute atomic E-state index is 0.181. The van der Waals surface area contributed by atoms with E-state index >= 15 is 0 Å². The summed E-state index contributed by atoms with van der Waals surface area (Å²) >= 11 is 6.33. The van der Waals surface area contributed by atoms with Gasteiger partial charge in [-0.15, -0.1) is 0 Å². The van der Waals surface area contributed by atoms with Crippen molar-refractivity contribution in [3.63, 3.8) is 0 Å². The van der Waals surface area contributed by atoms with E-state index in [4.69, 9.17) is 16.0 Å². The number of nitrogens with one attached hydrogen (secondary N) is 2. The molecule has 0 saturated carbocycles. The summed E-state index contributed by atoms with van der Waals surface area (Å²) in [7, 11) is 0. The lowest BCUT2D eigenvalue weighted by Gasteiger charge is -2.07. The molecule has 0 radical (unpaired) electrons. The molecule has 0 unspecified atom stereocenters. The van der Waals surface area contributed by atoms with Crippen molar-refractivity contribution in [3.05, 3.63) is 57.3 Å². The van der Waals surface area contributed by atoms with Crippen LogP contribution in [-0.4, -0.2) is 15.9 Å². The van der Waals surface area contributed by atoms with Crippen molar-refractivity contribution in [1.29, 1.82) is 0 Å². The second-order valence-electron chi connectivity index (χ2n) is 6.07. The number of rotatable bonds is 2. The van der Waals surface area contributed by atoms with E-state index in [9.17, 15) is 9.59 Å². The van der Waals surface area contributed by atoms with E-state index in [0.717, 1.165) is 10.9 Å². The van der Waals surface area contributed by atoms with E-state index in [1.165, 1.54) is 6.92 Å². The van der Waals surface area contributed by atoms with E-state index in [1.54, 1.807) is 18.2 Å². The number of aryl methyl sites for hydroxylation is 1. The number of amides is 1. The van der Waals surface area contributed by atoms with Crippen molar-refractivity contribution >= 4 is 45.3 Å².